The zero-order valence-electron chi connectivity index (χ0n) is 19.8. The van der Waals surface area contributed by atoms with Crippen molar-refractivity contribution in [3.05, 3.63) is 102 Å². The van der Waals surface area contributed by atoms with Crippen molar-refractivity contribution in [3.8, 4) is 5.75 Å². The molecular weight excluding hydrogens is 406 g/mol. The van der Waals surface area contributed by atoms with E-state index in [-0.39, 0.29) is 17.2 Å². The third-order valence-corrected chi connectivity index (χ3v) is 6.74. The maximum atomic E-state index is 13.6. The van der Waals surface area contributed by atoms with E-state index in [9.17, 15) is 4.79 Å². The van der Waals surface area contributed by atoms with E-state index in [1.54, 1.807) is 0 Å². The summed E-state index contributed by atoms with van der Waals surface area (Å²) in [6.45, 7) is 5.63. The van der Waals surface area contributed by atoms with Gasteiger partial charge < -0.3 is 10.1 Å². The minimum absolute atomic E-state index is 0.0344. The van der Waals surface area contributed by atoms with Crippen molar-refractivity contribution in [2.45, 2.75) is 50.9 Å². The molecule has 3 aromatic carbocycles. The minimum atomic E-state index is -0.348. The molecule has 1 aliphatic rings. The fraction of sp³-hybridized carbons (Fsp3) is 0.367. The Morgan fingerprint density at radius 2 is 1.42 bits per heavy atom. The number of nitrogens with one attached hydrogen (secondary N) is 1. The summed E-state index contributed by atoms with van der Waals surface area (Å²) in [7, 11) is 0. The molecule has 0 aliphatic heterocycles. The predicted molar refractivity (Wildman–Crippen MR) is 135 cm³/mol. The Kier molecular flexibility index (Phi) is 7.49. The molecule has 1 fully saturated rings. The molecule has 33 heavy (non-hydrogen) atoms. The van der Waals surface area contributed by atoms with Crippen molar-refractivity contribution >= 4 is 5.91 Å². The lowest BCUT2D eigenvalue weighted by Gasteiger charge is -2.31. The van der Waals surface area contributed by atoms with Gasteiger partial charge in [-0.05, 0) is 47.6 Å². The Morgan fingerprint density at radius 3 is 2.03 bits per heavy atom. The fourth-order valence-corrected chi connectivity index (χ4v) is 4.93. The molecule has 1 aliphatic carbocycles. The molecule has 1 N–H and O–H groups in total. The fourth-order valence-electron chi connectivity index (χ4n) is 4.93. The topological polar surface area (TPSA) is 38.3 Å². The zero-order valence-corrected chi connectivity index (χ0v) is 19.8. The van der Waals surface area contributed by atoms with Crippen LogP contribution in [0, 0.1) is 5.92 Å². The Bertz CT molecular complexity index is 1010. The maximum Gasteiger partial charge on any atom is 0.232 e. The highest BCUT2D eigenvalue weighted by atomic mass is 16.5. The lowest BCUT2D eigenvalue weighted by molar-refractivity contribution is -0.122. The summed E-state index contributed by atoms with van der Waals surface area (Å²) in [6.07, 6.45) is 4.67. The Labute approximate surface area is 198 Å². The maximum absolute atomic E-state index is 13.6. The molecule has 1 atom stereocenters. The van der Waals surface area contributed by atoms with Crippen LogP contribution in [0.1, 0.15) is 62.1 Å². The summed E-state index contributed by atoms with van der Waals surface area (Å²) in [6, 6.07) is 28.7. The number of amides is 1. The SMILES string of the molecule is CC(C)COc1ccc(C(C(=O)NCC2(c3ccccc3)CCCC2)c2ccccc2)cc1. The summed E-state index contributed by atoms with van der Waals surface area (Å²) in [4.78, 5) is 13.6. The molecule has 3 aromatic rings. The third kappa shape index (κ3) is 5.65. The summed E-state index contributed by atoms with van der Waals surface area (Å²) in [5, 5.41) is 3.35. The normalized spacial score (nSPS) is 15.8. The Morgan fingerprint density at radius 1 is 0.848 bits per heavy atom. The summed E-state index contributed by atoms with van der Waals surface area (Å²) >= 11 is 0. The van der Waals surface area contributed by atoms with Crippen LogP contribution in [0.5, 0.6) is 5.75 Å². The van der Waals surface area contributed by atoms with Crippen molar-refractivity contribution in [1.29, 1.82) is 0 Å². The van der Waals surface area contributed by atoms with Crippen LogP contribution in [0.4, 0.5) is 0 Å². The number of hydrogen-bond acceptors (Lipinski definition) is 2. The van der Waals surface area contributed by atoms with E-state index in [4.69, 9.17) is 4.74 Å². The molecule has 0 aromatic heterocycles. The van der Waals surface area contributed by atoms with Crippen LogP contribution in [-0.2, 0) is 10.2 Å². The summed E-state index contributed by atoms with van der Waals surface area (Å²) < 4.78 is 5.85. The first-order valence-corrected chi connectivity index (χ1v) is 12.2. The highest BCUT2D eigenvalue weighted by molar-refractivity contribution is 5.87. The van der Waals surface area contributed by atoms with Gasteiger partial charge in [0.15, 0.2) is 0 Å². The minimum Gasteiger partial charge on any atom is -0.493 e. The van der Waals surface area contributed by atoms with Gasteiger partial charge >= 0.3 is 0 Å². The van der Waals surface area contributed by atoms with Crippen LogP contribution < -0.4 is 10.1 Å². The molecule has 0 spiro atoms. The Hall–Kier alpha value is -3.07. The van der Waals surface area contributed by atoms with E-state index < -0.39 is 0 Å². The van der Waals surface area contributed by atoms with Crippen LogP contribution in [0.15, 0.2) is 84.9 Å². The molecule has 4 rings (SSSR count). The molecule has 0 heterocycles. The van der Waals surface area contributed by atoms with Gasteiger partial charge in [-0.1, -0.05) is 99.5 Å². The van der Waals surface area contributed by atoms with E-state index in [1.807, 2.05) is 54.6 Å². The summed E-state index contributed by atoms with van der Waals surface area (Å²) in [5.74, 6) is 1.02. The number of carbonyl (C=O) groups is 1. The van der Waals surface area contributed by atoms with Gasteiger partial charge in [-0.3, -0.25) is 4.79 Å². The van der Waals surface area contributed by atoms with Crippen molar-refractivity contribution in [2.75, 3.05) is 13.2 Å². The molecule has 3 nitrogen and oxygen atoms in total. The van der Waals surface area contributed by atoms with Gasteiger partial charge in [-0.15, -0.1) is 0 Å². The van der Waals surface area contributed by atoms with Crippen molar-refractivity contribution < 1.29 is 9.53 Å². The first-order chi connectivity index (χ1) is 16.1. The van der Waals surface area contributed by atoms with Gasteiger partial charge in [0.2, 0.25) is 5.91 Å². The zero-order chi connectivity index (χ0) is 23.1. The molecule has 172 valence electrons. The van der Waals surface area contributed by atoms with E-state index >= 15 is 0 Å². The molecule has 3 heteroatoms. The number of ether oxygens (including phenoxy) is 1. The second-order valence-electron chi connectivity index (χ2n) is 9.69. The van der Waals surface area contributed by atoms with Crippen molar-refractivity contribution in [3.63, 3.8) is 0 Å². The number of hydrogen-bond donors (Lipinski definition) is 1. The highest BCUT2D eigenvalue weighted by Crippen LogP contribution is 2.40. The first-order valence-electron chi connectivity index (χ1n) is 12.2. The average molecular weight is 442 g/mol. The van der Waals surface area contributed by atoms with Crippen molar-refractivity contribution in [2.24, 2.45) is 5.92 Å². The lowest BCUT2D eigenvalue weighted by atomic mass is 9.78. The van der Waals surface area contributed by atoms with Crippen LogP contribution in [-0.4, -0.2) is 19.1 Å². The van der Waals surface area contributed by atoms with Crippen LogP contribution in [0.2, 0.25) is 0 Å². The third-order valence-electron chi connectivity index (χ3n) is 6.74. The molecule has 0 saturated heterocycles. The summed E-state index contributed by atoms with van der Waals surface area (Å²) in [5.41, 5.74) is 3.36. The quantitative estimate of drug-likeness (QED) is 0.413. The van der Waals surface area contributed by atoms with Crippen LogP contribution in [0.3, 0.4) is 0 Å². The smallest absolute Gasteiger partial charge is 0.232 e. The second-order valence-corrected chi connectivity index (χ2v) is 9.69. The van der Waals surface area contributed by atoms with Gasteiger partial charge in [-0.2, -0.15) is 0 Å². The van der Waals surface area contributed by atoms with E-state index in [0.717, 1.165) is 29.7 Å². The van der Waals surface area contributed by atoms with Gasteiger partial charge in [0, 0.05) is 12.0 Å². The second kappa shape index (κ2) is 10.7. The van der Waals surface area contributed by atoms with Gasteiger partial charge in [0.25, 0.3) is 0 Å². The van der Waals surface area contributed by atoms with E-state index in [1.165, 1.54) is 18.4 Å². The largest absolute Gasteiger partial charge is 0.493 e. The van der Waals surface area contributed by atoms with Crippen molar-refractivity contribution in [1.82, 2.24) is 5.32 Å². The highest BCUT2D eigenvalue weighted by Gasteiger charge is 2.36. The molecule has 0 radical (unpaired) electrons. The number of carbonyl (C=O) groups excluding carboxylic acids is 1. The molecular formula is C30H35NO2. The van der Waals surface area contributed by atoms with Crippen LogP contribution >= 0.6 is 0 Å². The molecule has 0 bridgehead atoms. The van der Waals surface area contributed by atoms with E-state index in [0.29, 0.717) is 19.1 Å². The monoisotopic (exact) mass is 441 g/mol. The first kappa shape index (κ1) is 23.1. The van der Waals surface area contributed by atoms with Gasteiger partial charge in [0.05, 0.1) is 12.5 Å². The predicted octanol–water partition coefficient (Wildman–Crippen LogP) is 6.48. The molecule has 1 saturated carbocycles. The average Bonchev–Trinajstić information content (AvgIpc) is 3.34. The van der Waals surface area contributed by atoms with Gasteiger partial charge in [-0.25, -0.2) is 0 Å². The molecule has 1 amide bonds. The van der Waals surface area contributed by atoms with E-state index in [2.05, 4.69) is 49.5 Å². The Balaban J connectivity index is 1.54. The number of rotatable bonds is 9. The number of benzene rings is 3. The lowest BCUT2D eigenvalue weighted by Crippen LogP contribution is -2.41. The standard InChI is InChI=1S/C30H35NO2/c1-23(2)21-33-27-17-15-25(16-18-27)28(24-11-5-3-6-12-24)29(32)31-22-30(19-9-10-20-30)26-13-7-4-8-14-26/h3-8,11-18,23,28H,9-10,19-22H2,1-2H3,(H,31,32). The molecule has 1 unspecified atom stereocenters. The van der Waals surface area contributed by atoms with Crippen LogP contribution in [0.25, 0.3) is 0 Å². The van der Waals surface area contributed by atoms with Gasteiger partial charge in [0.1, 0.15) is 5.75 Å².